The third kappa shape index (κ3) is 4.61. The van der Waals surface area contributed by atoms with Crippen LogP contribution in [0.2, 0.25) is 0 Å². The molecule has 60 valence electrons. The van der Waals surface area contributed by atoms with Crippen molar-refractivity contribution in [3.8, 4) is 0 Å². The SMILES string of the molecule is C[C@@](Cl)(C=O)CC(F)(F)F. The minimum Gasteiger partial charge on any atom is -0.301 e. The van der Waals surface area contributed by atoms with Gasteiger partial charge in [-0.1, -0.05) is 0 Å². The van der Waals surface area contributed by atoms with Crippen LogP contribution in [0.15, 0.2) is 0 Å². The lowest BCUT2D eigenvalue weighted by molar-refractivity contribution is -0.144. The molecule has 0 saturated heterocycles. The fourth-order valence-electron chi connectivity index (χ4n) is 0.434. The number of alkyl halides is 4. The Morgan fingerprint density at radius 2 is 1.90 bits per heavy atom. The van der Waals surface area contributed by atoms with E-state index in [1.165, 1.54) is 0 Å². The number of carbonyl (C=O) groups excluding carboxylic acids is 1. The highest BCUT2D eigenvalue weighted by Crippen LogP contribution is 2.29. The summed E-state index contributed by atoms with van der Waals surface area (Å²) in [5.41, 5.74) is 0. The minimum atomic E-state index is -4.38. The Kier molecular flexibility index (Phi) is 2.71. The number of hydrogen-bond donors (Lipinski definition) is 0. The maximum atomic E-state index is 11.5. The summed E-state index contributed by atoms with van der Waals surface area (Å²) in [6, 6.07) is 0. The highest BCUT2D eigenvalue weighted by Gasteiger charge is 2.37. The van der Waals surface area contributed by atoms with Crippen LogP contribution in [0.1, 0.15) is 13.3 Å². The molecular formula is C5H6ClF3O. The third-order valence-corrected chi connectivity index (χ3v) is 1.01. The van der Waals surface area contributed by atoms with Crippen LogP contribution in [0.3, 0.4) is 0 Å². The van der Waals surface area contributed by atoms with Gasteiger partial charge >= 0.3 is 6.18 Å². The van der Waals surface area contributed by atoms with Crippen LogP contribution in [0.5, 0.6) is 0 Å². The van der Waals surface area contributed by atoms with Crippen LogP contribution >= 0.6 is 11.6 Å². The maximum absolute atomic E-state index is 11.5. The molecule has 0 aliphatic heterocycles. The van der Waals surface area contributed by atoms with E-state index < -0.39 is 17.5 Å². The van der Waals surface area contributed by atoms with Gasteiger partial charge < -0.3 is 4.79 Å². The fourth-order valence-corrected chi connectivity index (χ4v) is 0.585. The van der Waals surface area contributed by atoms with Crippen molar-refractivity contribution in [2.24, 2.45) is 0 Å². The van der Waals surface area contributed by atoms with E-state index in [1.54, 1.807) is 0 Å². The van der Waals surface area contributed by atoms with Gasteiger partial charge in [0, 0.05) is 0 Å². The number of aldehydes is 1. The van der Waals surface area contributed by atoms with Crippen LogP contribution in [0, 0.1) is 0 Å². The molecule has 0 aromatic heterocycles. The Bertz CT molecular complexity index is 129. The molecule has 0 N–H and O–H groups in total. The summed E-state index contributed by atoms with van der Waals surface area (Å²) >= 11 is 5.12. The summed E-state index contributed by atoms with van der Waals surface area (Å²) in [7, 11) is 0. The number of carbonyl (C=O) groups is 1. The van der Waals surface area contributed by atoms with Crippen LogP contribution in [0.4, 0.5) is 13.2 Å². The van der Waals surface area contributed by atoms with Gasteiger partial charge in [0.05, 0.1) is 6.42 Å². The second-order valence-corrected chi connectivity index (χ2v) is 3.05. The molecule has 0 saturated carbocycles. The van der Waals surface area contributed by atoms with Crippen LogP contribution in [-0.2, 0) is 4.79 Å². The molecule has 0 aliphatic carbocycles. The average molecular weight is 175 g/mol. The van der Waals surface area contributed by atoms with Crippen LogP contribution in [-0.4, -0.2) is 17.3 Å². The Morgan fingerprint density at radius 3 is 2.00 bits per heavy atom. The molecule has 10 heavy (non-hydrogen) atoms. The van der Waals surface area contributed by atoms with Gasteiger partial charge in [-0.3, -0.25) is 0 Å². The van der Waals surface area contributed by atoms with Gasteiger partial charge in [-0.25, -0.2) is 0 Å². The molecule has 1 nitrogen and oxygen atoms in total. The first-order valence-electron chi connectivity index (χ1n) is 2.49. The van der Waals surface area contributed by atoms with Crippen molar-refractivity contribution in [2.75, 3.05) is 0 Å². The van der Waals surface area contributed by atoms with Crippen molar-refractivity contribution < 1.29 is 18.0 Å². The summed E-state index contributed by atoms with van der Waals surface area (Å²) in [5, 5.41) is 0. The fraction of sp³-hybridized carbons (Fsp3) is 0.800. The van der Waals surface area contributed by atoms with Crippen molar-refractivity contribution in [3.05, 3.63) is 0 Å². The van der Waals surface area contributed by atoms with Crippen molar-refractivity contribution in [1.29, 1.82) is 0 Å². The van der Waals surface area contributed by atoms with Crippen molar-refractivity contribution in [1.82, 2.24) is 0 Å². The minimum absolute atomic E-state index is 0.0854. The molecule has 5 heteroatoms. The third-order valence-electron chi connectivity index (χ3n) is 0.792. The lowest BCUT2D eigenvalue weighted by Crippen LogP contribution is -2.27. The molecule has 0 spiro atoms. The van der Waals surface area contributed by atoms with Gasteiger partial charge in [-0.15, -0.1) is 11.6 Å². The molecule has 0 unspecified atom stereocenters. The summed E-state index contributed by atoms with van der Waals surface area (Å²) in [4.78, 5) is 8.07. The maximum Gasteiger partial charge on any atom is 0.391 e. The largest absolute Gasteiger partial charge is 0.391 e. The second-order valence-electron chi connectivity index (χ2n) is 2.19. The zero-order valence-corrected chi connectivity index (χ0v) is 5.96. The summed E-state index contributed by atoms with van der Waals surface area (Å²) < 4.78 is 34.5. The second kappa shape index (κ2) is 2.78. The molecule has 0 bridgehead atoms. The predicted molar refractivity (Wildman–Crippen MR) is 31.0 cm³/mol. The first-order valence-corrected chi connectivity index (χ1v) is 2.87. The van der Waals surface area contributed by atoms with Gasteiger partial charge in [0.15, 0.2) is 0 Å². The molecule has 0 heterocycles. The summed E-state index contributed by atoms with van der Waals surface area (Å²) in [6.45, 7) is 1.02. The Balaban J connectivity index is 4.01. The topological polar surface area (TPSA) is 17.1 Å². The van der Waals surface area contributed by atoms with Crippen molar-refractivity contribution in [3.63, 3.8) is 0 Å². The Labute approximate surface area is 61.2 Å². The standard InChI is InChI=1S/C5H6ClF3O/c1-4(6,3-10)2-5(7,8)9/h3H,2H2,1H3/t4-/m0/s1. The first kappa shape index (κ1) is 9.75. The lowest BCUT2D eigenvalue weighted by atomic mass is 10.1. The molecule has 0 aliphatic rings. The van der Waals surface area contributed by atoms with E-state index in [9.17, 15) is 18.0 Å². The van der Waals surface area contributed by atoms with Gasteiger partial charge in [0.2, 0.25) is 0 Å². The zero-order chi connectivity index (χ0) is 8.41. The Hall–Kier alpha value is -0.250. The molecule has 0 fully saturated rings. The molecule has 0 radical (unpaired) electrons. The van der Waals surface area contributed by atoms with Gasteiger partial charge in [-0.2, -0.15) is 13.2 Å². The van der Waals surface area contributed by atoms with Crippen molar-refractivity contribution in [2.45, 2.75) is 24.4 Å². The number of halogens is 4. The van der Waals surface area contributed by atoms with E-state index in [1.807, 2.05) is 0 Å². The quantitative estimate of drug-likeness (QED) is 0.463. The molecule has 0 aromatic carbocycles. The van der Waals surface area contributed by atoms with E-state index in [0.29, 0.717) is 0 Å². The highest BCUT2D eigenvalue weighted by atomic mass is 35.5. The summed E-state index contributed by atoms with van der Waals surface area (Å²) in [6.07, 6.45) is -5.58. The van der Waals surface area contributed by atoms with E-state index in [-0.39, 0.29) is 6.29 Å². The van der Waals surface area contributed by atoms with E-state index >= 15 is 0 Å². The van der Waals surface area contributed by atoms with Gasteiger partial charge in [-0.05, 0) is 6.92 Å². The van der Waals surface area contributed by atoms with E-state index in [0.717, 1.165) is 6.92 Å². The van der Waals surface area contributed by atoms with Gasteiger partial charge in [0.1, 0.15) is 11.2 Å². The molecular weight excluding hydrogens is 169 g/mol. The number of rotatable bonds is 2. The molecule has 0 aromatic rings. The normalized spacial score (nSPS) is 18.1. The zero-order valence-electron chi connectivity index (χ0n) is 5.20. The lowest BCUT2D eigenvalue weighted by Gasteiger charge is -2.15. The van der Waals surface area contributed by atoms with Crippen LogP contribution < -0.4 is 0 Å². The van der Waals surface area contributed by atoms with E-state index in [2.05, 4.69) is 0 Å². The average Bonchev–Trinajstić information content (AvgIpc) is 1.60. The van der Waals surface area contributed by atoms with E-state index in [4.69, 9.17) is 11.6 Å². The predicted octanol–water partition coefficient (Wildman–Crippen LogP) is 2.14. The van der Waals surface area contributed by atoms with Crippen LogP contribution in [0.25, 0.3) is 0 Å². The molecule has 0 amide bonds. The summed E-state index contributed by atoms with van der Waals surface area (Å²) in [5.74, 6) is 0. The van der Waals surface area contributed by atoms with Gasteiger partial charge in [0.25, 0.3) is 0 Å². The smallest absolute Gasteiger partial charge is 0.301 e. The molecule has 1 atom stereocenters. The van der Waals surface area contributed by atoms with Crippen molar-refractivity contribution >= 4 is 17.9 Å². The number of hydrogen-bond acceptors (Lipinski definition) is 1. The monoisotopic (exact) mass is 174 g/mol. The first-order chi connectivity index (χ1) is 4.27. The Morgan fingerprint density at radius 1 is 1.50 bits per heavy atom. The highest BCUT2D eigenvalue weighted by molar-refractivity contribution is 6.31. The molecule has 0 rings (SSSR count).